The van der Waals surface area contributed by atoms with Crippen molar-refractivity contribution < 1.29 is 19.0 Å². The molecule has 2 heterocycles. The molecule has 1 fully saturated rings. The highest BCUT2D eigenvalue weighted by Crippen LogP contribution is 2.30. The van der Waals surface area contributed by atoms with Crippen molar-refractivity contribution in [2.45, 2.75) is 57.8 Å². The summed E-state index contributed by atoms with van der Waals surface area (Å²) in [6.45, 7) is 15.5. The standard InChI is InChI=1S/C28H43N5O4Si2/c1-30-17-22-10-12-35-19-25(22)33-18-24(27(29)34)28(32-33)31-23-8-9-26(21(16-23)11-14-38(2,3)4)37-20-36-13-15-39(5,6)7/h8-9,16-18,22,25H,10,12-13,15,19-20H2,1-7H3,(H2,29,34)(H,31,32)/b30-17-/t22-,25?/m1/s1. The molecule has 2 aromatic rings. The number of amides is 1. The lowest BCUT2D eigenvalue weighted by atomic mass is 9.96. The fourth-order valence-corrected chi connectivity index (χ4v) is 5.24. The highest BCUT2D eigenvalue weighted by Gasteiger charge is 2.28. The molecule has 9 nitrogen and oxygen atoms in total. The summed E-state index contributed by atoms with van der Waals surface area (Å²) in [5.41, 5.74) is 10.9. The fourth-order valence-electron chi connectivity index (χ4n) is 3.98. The lowest BCUT2D eigenvalue weighted by molar-refractivity contribution is 0.0219. The second-order valence-corrected chi connectivity index (χ2v) is 22.4. The van der Waals surface area contributed by atoms with Gasteiger partial charge in [0.05, 0.1) is 18.2 Å². The second kappa shape index (κ2) is 13.4. The van der Waals surface area contributed by atoms with Gasteiger partial charge < -0.3 is 30.3 Å². The minimum absolute atomic E-state index is 0.0778. The number of hydrogen-bond donors (Lipinski definition) is 2. The maximum Gasteiger partial charge on any atom is 0.254 e. The third-order valence-corrected chi connectivity index (χ3v) is 8.74. The van der Waals surface area contributed by atoms with Gasteiger partial charge in [0.25, 0.3) is 5.91 Å². The van der Waals surface area contributed by atoms with Gasteiger partial charge in [-0.05, 0) is 30.7 Å². The Balaban J connectivity index is 1.85. The van der Waals surface area contributed by atoms with Crippen LogP contribution in [0.5, 0.6) is 5.75 Å². The van der Waals surface area contributed by atoms with Gasteiger partial charge in [-0.3, -0.25) is 9.48 Å². The molecule has 3 rings (SSSR count). The van der Waals surface area contributed by atoms with Crippen LogP contribution in [0.15, 0.2) is 29.4 Å². The molecule has 212 valence electrons. The summed E-state index contributed by atoms with van der Waals surface area (Å²) in [7, 11) is -1.05. The Labute approximate surface area is 234 Å². The molecule has 1 aromatic heterocycles. The molecule has 0 aliphatic carbocycles. The third-order valence-electron chi connectivity index (χ3n) is 6.16. The van der Waals surface area contributed by atoms with Crippen molar-refractivity contribution in [2.75, 3.05) is 39.0 Å². The van der Waals surface area contributed by atoms with E-state index in [4.69, 9.17) is 25.0 Å². The number of nitrogens with zero attached hydrogens (tertiary/aromatic N) is 3. The first-order valence-corrected chi connectivity index (χ1v) is 20.6. The summed E-state index contributed by atoms with van der Waals surface area (Å²) >= 11 is 0. The number of nitrogens with one attached hydrogen (secondary N) is 1. The highest BCUT2D eigenvalue weighted by atomic mass is 28.3. The van der Waals surface area contributed by atoms with E-state index < -0.39 is 22.1 Å². The summed E-state index contributed by atoms with van der Waals surface area (Å²) in [5, 5.41) is 7.97. The molecule has 11 heteroatoms. The van der Waals surface area contributed by atoms with Crippen LogP contribution in [0.25, 0.3) is 0 Å². The van der Waals surface area contributed by atoms with Crippen molar-refractivity contribution in [1.29, 1.82) is 0 Å². The van der Waals surface area contributed by atoms with E-state index >= 15 is 0 Å². The minimum Gasteiger partial charge on any atom is -0.466 e. The SMILES string of the molecule is C/N=C\[C@H]1CCOCC1n1cc(C(N)=O)c(Nc2ccc(OCOCC[Si](C)(C)C)c(C#C[Si](C)(C)C)c2)n1. The molecule has 0 radical (unpaired) electrons. The quantitative estimate of drug-likeness (QED) is 0.131. The molecule has 1 unspecified atom stereocenters. The molecule has 0 saturated carbocycles. The van der Waals surface area contributed by atoms with Gasteiger partial charge in [-0.2, -0.15) is 5.10 Å². The van der Waals surface area contributed by atoms with Gasteiger partial charge in [-0.25, -0.2) is 0 Å². The first kappa shape index (κ1) is 30.6. The van der Waals surface area contributed by atoms with Crippen LogP contribution < -0.4 is 15.8 Å². The van der Waals surface area contributed by atoms with Crippen molar-refractivity contribution in [3.63, 3.8) is 0 Å². The van der Waals surface area contributed by atoms with Gasteiger partial charge in [0.15, 0.2) is 12.6 Å². The van der Waals surface area contributed by atoms with Crippen molar-refractivity contribution in [1.82, 2.24) is 9.78 Å². The Morgan fingerprint density at radius 1 is 1.31 bits per heavy atom. The zero-order valence-electron chi connectivity index (χ0n) is 24.3. The molecule has 39 heavy (non-hydrogen) atoms. The average molecular weight is 570 g/mol. The predicted molar refractivity (Wildman–Crippen MR) is 163 cm³/mol. The van der Waals surface area contributed by atoms with Crippen LogP contribution in [0.1, 0.15) is 28.4 Å². The fraction of sp³-hybridized carbons (Fsp3) is 0.536. The number of ether oxygens (including phenoxy) is 3. The van der Waals surface area contributed by atoms with Crippen LogP contribution >= 0.6 is 0 Å². The third kappa shape index (κ3) is 9.65. The molecule has 3 N–H and O–H groups in total. The van der Waals surface area contributed by atoms with Crippen molar-refractivity contribution in [3.05, 3.63) is 35.5 Å². The zero-order valence-corrected chi connectivity index (χ0v) is 26.3. The number of hydrogen-bond acceptors (Lipinski definition) is 7. The number of rotatable bonds is 11. The van der Waals surface area contributed by atoms with E-state index in [2.05, 4.69) is 61.1 Å². The lowest BCUT2D eigenvalue weighted by Crippen LogP contribution is -2.31. The number of nitrogens with two attached hydrogens (primary N) is 1. The van der Waals surface area contributed by atoms with E-state index in [0.29, 0.717) is 37.0 Å². The van der Waals surface area contributed by atoms with Gasteiger partial charge in [0, 0.05) is 52.4 Å². The van der Waals surface area contributed by atoms with Gasteiger partial charge >= 0.3 is 0 Å². The van der Waals surface area contributed by atoms with Crippen LogP contribution in [0.3, 0.4) is 0 Å². The summed E-state index contributed by atoms with van der Waals surface area (Å²) in [6, 6.07) is 6.64. The van der Waals surface area contributed by atoms with E-state index in [9.17, 15) is 4.79 Å². The smallest absolute Gasteiger partial charge is 0.254 e. The van der Waals surface area contributed by atoms with Crippen molar-refractivity contribution in [2.24, 2.45) is 16.6 Å². The van der Waals surface area contributed by atoms with Crippen LogP contribution in [-0.2, 0) is 9.47 Å². The monoisotopic (exact) mass is 569 g/mol. The number of aromatic nitrogens is 2. The van der Waals surface area contributed by atoms with Crippen molar-refractivity contribution >= 4 is 39.8 Å². The number of anilines is 2. The predicted octanol–water partition coefficient (Wildman–Crippen LogP) is 4.92. The Morgan fingerprint density at radius 3 is 2.74 bits per heavy atom. The van der Waals surface area contributed by atoms with Crippen LogP contribution in [0.2, 0.25) is 45.3 Å². The number of benzene rings is 1. The average Bonchev–Trinajstić information content (AvgIpc) is 3.27. The Morgan fingerprint density at radius 2 is 2.08 bits per heavy atom. The molecule has 2 atom stereocenters. The number of carbonyl (C=O) groups excluding carboxylic acids is 1. The van der Waals surface area contributed by atoms with E-state index in [-0.39, 0.29) is 18.8 Å². The molecule has 1 aliphatic rings. The maximum absolute atomic E-state index is 12.3. The molecular weight excluding hydrogens is 527 g/mol. The van der Waals surface area contributed by atoms with Gasteiger partial charge in [0.1, 0.15) is 19.4 Å². The Bertz CT molecular complexity index is 1220. The topological polar surface area (TPSA) is 113 Å². The summed E-state index contributed by atoms with van der Waals surface area (Å²) in [6.07, 6.45) is 4.43. The summed E-state index contributed by atoms with van der Waals surface area (Å²) in [4.78, 5) is 16.5. The Kier molecular flexibility index (Phi) is 10.5. The molecule has 1 aliphatic heterocycles. The van der Waals surface area contributed by atoms with E-state index in [1.54, 1.807) is 17.9 Å². The second-order valence-electron chi connectivity index (χ2n) is 12.1. The van der Waals surface area contributed by atoms with E-state index in [1.165, 1.54) is 0 Å². The van der Waals surface area contributed by atoms with E-state index in [1.807, 2.05) is 24.4 Å². The van der Waals surface area contributed by atoms with Crippen molar-refractivity contribution in [3.8, 4) is 17.2 Å². The van der Waals surface area contributed by atoms with Crippen LogP contribution in [0.4, 0.5) is 11.5 Å². The molecule has 0 spiro atoms. The molecule has 0 bridgehead atoms. The first-order valence-electron chi connectivity index (χ1n) is 13.4. The molecule has 1 saturated heterocycles. The van der Waals surface area contributed by atoms with Gasteiger partial charge in [-0.1, -0.05) is 45.2 Å². The molecular formula is C28H43N5O4Si2. The van der Waals surface area contributed by atoms with Gasteiger partial charge in [-0.15, -0.1) is 5.54 Å². The first-order chi connectivity index (χ1) is 18.4. The lowest BCUT2D eigenvalue weighted by Gasteiger charge is -2.29. The zero-order chi connectivity index (χ0) is 28.6. The number of primary amides is 1. The molecule has 1 aromatic carbocycles. The maximum atomic E-state index is 12.3. The normalized spacial score (nSPS) is 18.0. The van der Waals surface area contributed by atoms with Crippen LogP contribution in [-0.4, -0.2) is 71.7 Å². The molecule has 1 amide bonds. The van der Waals surface area contributed by atoms with Gasteiger partial charge in [0.2, 0.25) is 0 Å². The summed E-state index contributed by atoms with van der Waals surface area (Å²) < 4.78 is 19.2. The van der Waals surface area contributed by atoms with Crippen LogP contribution in [0, 0.1) is 17.4 Å². The largest absolute Gasteiger partial charge is 0.466 e. The highest BCUT2D eigenvalue weighted by molar-refractivity contribution is 6.83. The number of carbonyl (C=O) groups is 1. The van der Waals surface area contributed by atoms with E-state index in [0.717, 1.165) is 23.7 Å². The Hall–Kier alpha value is -2.92. The number of aliphatic imine (C=N–C) groups is 1. The minimum atomic E-state index is -1.64. The summed E-state index contributed by atoms with van der Waals surface area (Å²) in [5.74, 6) is 3.94.